The summed E-state index contributed by atoms with van der Waals surface area (Å²) in [7, 11) is 6.17. The molecule has 1 aromatic carbocycles. The van der Waals surface area contributed by atoms with Gasteiger partial charge in [-0.2, -0.15) is 0 Å². The predicted octanol–water partition coefficient (Wildman–Crippen LogP) is 1.89. The highest BCUT2D eigenvalue weighted by molar-refractivity contribution is 6.29. The molecule has 0 saturated heterocycles. The van der Waals surface area contributed by atoms with Crippen LogP contribution in [-0.4, -0.2) is 62.0 Å². The van der Waals surface area contributed by atoms with Gasteiger partial charge in [-0.25, -0.2) is 0 Å². The van der Waals surface area contributed by atoms with E-state index in [4.69, 9.17) is 5.41 Å². The molecule has 2 amide bonds. The van der Waals surface area contributed by atoms with Crippen LogP contribution in [0.25, 0.3) is 0 Å². The Labute approximate surface area is 164 Å². The van der Waals surface area contributed by atoms with Gasteiger partial charge in [-0.3, -0.25) is 14.4 Å². The highest BCUT2D eigenvalue weighted by Gasteiger charge is 2.35. The average molecular weight is 386 g/mol. The Kier molecular flexibility index (Phi) is 6.23. The minimum absolute atomic E-state index is 0.0434. The third kappa shape index (κ3) is 3.90. The number of hydrogen-bond donors (Lipinski definition) is 3. The fourth-order valence-corrected chi connectivity index (χ4v) is 2.98. The molecule has 1 aliphatic rings. The molecule has 28 heavy (non-hydrogen) atoms. The number of allylic oxidation sites excluding steroid dienone is 1. The van der Waals surface area contributed by atoms with E-state index in [2.05, 4.69) is 5.32 Å². The molecule has 0 spiro atoms. The molecule has 8 nitrogen and oxygen atoms in total. The van der Waals surface area contributed by atoms with Crippen molar-refractivity contribution in [2.45, 2.75) is 19.8 Å². The first-order valence-corrected chi connectivity index (χ1v) is 8.93. The highest BCUT2D eigenvalue weighted by Crippen LogP contribution is 2.35. The molecule has 1 aromatic rings. The molecular formula is C20H26N4O4. The monoisotopic (exact) mass is 386 g/mol. The molecule has 0 aromatic heterocycles. The number of ketones is 1. The minimum atomic E-state index is -0.533. The fraction of sp³-hybridized carbons (Fsp3) is 0.400. The molecule has 1 fully saturated rings. The fourth-order valence-electron chi connectivity index (χ4n) is 2.98. The van der Waals surface area contributed by atoms with Crippen molar-refractivity contribution in [1.82, 2.24) is 10.2 Å². The normalized spacial score (nSPS) is 14.0. The summed E-state index contributed by atoms with van der Waals surface area (Å²) in [4.78, 5) is 39.9. The standard InChI is InChI=1S/C20H26N4O4/c1-11-13(18(26)16(19(27)22-2)17(21)12-6-7-12)8-9-14(24(5)10-25)15(11)20(28)23(3)4/h8-10,12,21-22,27H,6-7H2,1-5H3/b19-16-,21-17?. The molecule has 1 saturated carbocycles. The van der Waals surface area contributed by atoms with Crippen LogP contribution >= 0.6 is 0 Å². The van der Waals surface area contributed by atoms with Gasteiger partial charge in [0.15, 0.2) is 5.88 Å². The Morgan fingerprint density at radius 2 is 1.86 bits per heavy atom. The maximum Gasteiger partial charge on any atom is 0.255 e. The second-order valence-electron chi connectivity index (χ2n) is 7.04. The van der Waals surface area contributed by atoms with E-state index in [0.29, 0.717) is 17.7 Å². The van der Waals surface area contributed by atoms with Crippen LogP contribution in [0.1, 0.15) is 39.1 Å². The van der Waals surface area contributed by atoms with Gasteiger partial charge in [0, 0.05) is 39.7 Å². The lowest BCUT2D eigenvalue weighted by Gasteiger charge is -2.22. The number of nitrogens with zero attached hydrogens (tertiary/aromatic N) is 2. The summed E-state index contributed by atoms with van der Waals surface area (Å²) in [6.45, 7) is 1.63. The summed E-state index contributed by atoms with van der Waals surface area (Å²) in [5, 5.41) is 21.0. The van der Waals surface area contributed by atoms with Crippen molar-refractivity contribution in [3.05, 3.63) is 40.3 Å². The van der Waals surface area contributed by atoms with E-state index in [1.165, 1.54) is 36.0 Å². The number of carbonyl (C=O) groups is 3. The number of benzene rings is 1. The summed E-state index contributed by atoms with van der Waals surface area (Å²) < 4.78 is 0. The van der Waals surface area contributed by atoms with Gasteiger partial charge in [0.1, 0.15) is 5.57 Å². The molecule has 150 valence electrons. The molecule has 1 aliphatic carbocycles. The quantitative estimate of drug-likeness (QED) is 0.208. The summed E-state index contributed by atoms with van der Waals surface area (Å²) in [6, 6.07) is 3.04. The summed E-state index contributed by atoms with van der Waals surface area (Å²) >= 11 is 0. The first-order valence-electron chi connectivity index (χ1n) is 8.93. The van der Waals surface area contributed by atoms with Crippen molar-refractivity contribution < 1.29 is 19.5 Å². The highest BCUT2D eigenvalue weighted by atomic mass is 16.3. The predicted molar refractivity (Wildman–Crippen MR) is 107 cm³/mol. The number of carbonyl (C=O) groups excluding carboxylic acids is 3. The lowest BCUT2D eigenvalue weighted by Crippen LogP contribution is -2.28. The Morgan fingerprint density at radius 3 is 2.32 bits per heavy atom. The van der Waals surface area contributed by atoms with Crippen LogP contribution in [0.2, 0.25) is 0 Å². The largest absolute Gasteiger partial charge is 0.494 e. The number of nitrogens with one attached hydrogen (secondary N) is 2. The minimum Gasteiger partial charge on any atom is -0.494 e. The SMILES string of the molecule is CN/C(O)=C(\C(=N)C1CC1)C(=O)c1ccc(N(C)C=O)c(C(=O)N(C)C)c1C. The maximum absolute atomic E-state index is 13.2. The van der Waals surface area contributed by atoms with E-state index in [9.17, 15) is 19.5 Å². The van der Waals surface area contributed by atoms with Crippen molar-refractivity contribution >= 4 is 29.5 Å². The molecule has 3 N–H and O–H groups in total. The van der Waals surface area contributed by atoms with Crippen molar-refractivity contribution in [3.8, 4) is 0 Å². The average Bonchev–Trinajstić information content (AvgIpc) is 3.51. The number of anilines is 1. The van der Waals surface area contributed by atoms with Crippen molar-refractivity contribution in [2.24, 2.45) is 5.92 Å². The van der Waals surface area contributed by atoms with E-state index in [0.717, 1.165) is 12.8 Å². The van der Waals surface area contributed by atoms with Crippen molar-refractivity contribution in [3.63, 3.8) is 0 Å². The Hall–Kier alpha value is -3.16. The molecule has 2 rings (SSSR count). The van der Waals surface area contributed by atoms with Crippen LogP contribution in [-0.2, 0) is 4.79 Å². The van der Waals surface area contributed by atoms with Gasteiger partial charge in [0.05, 0.1) is 17.0 Å². The van der Waals surface area contributed by atoms with Gasteiger partial charge in [-0.15, -0.1) is 0 Å². The number of aliphatic hydroxyl groups is 1. The molecule has 0 aliphatic heterocycles. The zero-order valence-corrected chi connectivity index (χ0v) is 16.8. The van der Waals surface area contributed by atoms with Gasteiger partial charge in [-0.1, -0.05) is 0 Å². The summed E-state index contributed by atoms with van der Waals surface area (Å²) in [5.41, 5.74) is 1.20. The Morgan fingerprint density at radius 1 is 1.25 bits per heavy atom. The second kappa shape index (κ2) is 8.24. The molecule has 0 heterocycles. The van der Waals surface area contributed by atoms with Gasteiger partial charge in [0.25, 0.3) is 5.91 Å². The smallest absolute Gasteiger partial charge is 0.255 e. The summed E-state index contributed by atoms with van der Waals surface area (Å²) in [6.07, 6.45) is 2.20. The summed E-state index contributed by atoms with van der Waals surface area (Å²) in [5.74, 6) is -1.29. The van der Waals surface area contributed by atoms with Crippen LogP contribution in [0.3, 0.4) is 0 Å². The third-order valence-corrected chi connectivity index (χ3v) is 4.80. The van der Waals surface area contributed by atoms with Crippen LogP contribution in [0.15, 0.2) is 23.6 Å². The molecule has 0 atom stereocenters. The van der Waals surface area contributed by atoms with Crippen molar-refractivity contribution in [2.75, 3.05) is 33.1 Å². The Balaban J connectivity index is 2.66. The lowest BCUT2D eigenvalue weighted by atomic mass is 9.90. The van der Waals surface area contributed by atoms with Crippen LogP contribution in [0, 0.1) is 18.3 Å². The van der Waals surface area contributed by atoms with Gasteiger partial charge in [-0.05, 0) is 37.5 Å². The zero-order valence-electron chi connectivity index (χ0n) is 16.8. The number of rotatable bonds is 8. The molecule has 0 radical (unpaired) electrons. The van der Waals surface area contributed by atoms with Gasteiger partial charge in [0.2, 0.25) is 12.2 Å². The third-order valence-electron chi connectivity index (χ3n) is 4.80. The van der Waals surface area contributed by atoms with E-state index in [-0.39, 0.29) is 40.1 Å². The number of Topliss-reactive ketones (excluding diaryl/α,β-unsaturated/α-hetero) is 1. The van der Waals surface area contributed by atoms with E-state index >= 15 is 0 Å². The first-order chi connectivity index (χ1) is 13.1. The number of aliphatic hydroxyl groups excluding tert-OH is 1. The van der Waals surface area contributed by atoms with E-state index in [1.54, 1.807) is 21.0 Å². The molecule has 0 unspecified atom stereocenters. The first kappa shape index (κ1) is 21.1. The molecule has 8 heteroatoms. The van der Waals surface area contributed by atoms with Crippen LogP contribution in [0.4, 0.5) is 5.69 Å². The van der Waals surface area contributed by atoms with E-state index in [1.807, 2.05) is 0 Å². The number of amides is 2. The van der Waals surface area contributed by atoms with E-state index < -0.39 is 5.78 Å². The lowest BCUT2D eigenvalue weighted by molar-refractivity contribution is -0.107. The van der Waals surface area contributed by atoms with Gasteiger partial charge < -0.3 is 25.6 Å². The second-order valence-corrected chi connectivity index (χ2v) is 7.04. The Bertz CT molecular complexity index is 869. The number of hydrogen-bond acceptors (Lipinski definition) is 6. The van der Waals surface area contributed by atoms with Gasteiger partial charge >= 0.3 is 0 Å². The van der Waals surface area contributed by atoms with Crippen LogP contribution in [0.5, 0.6) is 0 Å². The van der Waals surface area contributed by atoms with Crippen molar-refractivity contribution in [1.29, 1.82) is 5.41 Å². The van der Waals surface area contributed by atoms with Crippen LogP contribution < -0.4 is 10.2 Å². The topological polar surface area (TPSA) is 114 Å². The molecule has 0 bridgehead atoms. The molecular weight excluding hydrogens is 360 g/mol. The zero-order chi connectivity index (χ0) is 21.2. The maximum atomic E-state index is 13.2.